The number of pyridine rings is 1. The Kier molecular flexibility index (Phi) is 2.44. The first kappa shape index (κ1) is 9.82. The van der Waals surface area contributed by atoms with Crippen LogP contribution in [0, 0.1) is 5.95 Å². The minimum absolute atomic E-state index is 0.0706. The van der Waals surface area contributed by atoms with E-state index >= 15 is 0 Å². The van der Waals surface area contributed by atoms with E-state index in [1.165, 1.54) is 7.05 Å². The molecule has 2 nitrogen and oxygen atoms in total. The van der Waals surface area contributed by atoms with Gasteiger partial charge < -0.3 is 18.3 Å². The summed E-state index contributed by atoms with van der Waals surface area (Å²) < 4.78 is 48.8. The van der Waals surface area contributed by atoms with E-state index in [-0.39, 0.29) is 5.82 Å². The average molecular weight is 193 g/mol. The molecule has 0 amide bonds. The summed E-state index contributed by atoms with van der Waals surface area (Å²) in [5.41, 5.74) is -1.29. The molecular weight excluding hydrogens is 187 g/mol. The van der Waals surface area contributed by atoms with Crippen molar-refractivity contribution in [2.75, 3.05) is 12.4 Å². The van der Waals surface area contributed by atoms with Crippen molar-refractivity contribution < 1.29 is 17.3 Å². The molecule has 0 aliphatic heterocycles. The summed E-state index contributed by atoms with van der Waals surface area (Å²) >= 11 is 0. The third-order valence-electron chi connectivity index (χ3n) is 1.49. The van der Waals surface area contributed by atoms with E-state index in [2.05, 4.69) is 10.3 Å². The maximum atomic E-state index is 12.7. The Morgan fingerprint density at radius 1 is 1.31 bits per heavy atom. The van der Waals surface area contributed by atoms with Crippen LogP contribution >= 0.6 is 0 Å². The zero-order chi connectivity index (χ0) is 10.1. The summed E-state index contributed by atoms with van der Waals surface area (Å²) in [5.74, 6) is -1.42. The lowest BCUT2D eigenvalue weighted by atomic mass is 9.81. The summed E-state index contributed by atoms with van der Waals surface area (Å²) in [7, 11) is 1.44. The van der Waals surface area contributed by atoms with Crippen LogP contribution in [0.15, 0.2) is 12.1 Å². The molecule has 0 saturated carbocycles. The monoisotopic (exact) mass is 193 g/mol. The molecule has 1 rings (SSSR count). The molecule has 0 bridgehead atoms. The van der Waals surface area contributed by atoms with Crippen LogP contribution in [-0.2, 0) is 0 Å². The fourth-order valence-corrected chi connectivity index (χ4v) is 0.828. The summed E-state index contributed by atoms with van der Waals surface area (Å²) in [6, 6.07) is 1.75. The van der Waals surface area contributed by atoms with Gasteiger partial charge in [0.25, 0.3) is 0 Å². The maximum absolute atomic E-state index is 12.7. The van der Waals surface area contributed by atoms with Crippen LogP contribution in [0.3, 0.4) is 0 Å². The van der Waals surface area contributed by atoms with Crippen molar-refractivity contribution in [2.24, 2.45) is 0 Å². The lowest BCUT2D eigenvalue weighted by molar-refractivity contribution is 0.490. The first-order valence-electron chi connectivity index (χ1n) is 3.49. The van der Waals surface area contributed by atoms with Crippen molar-refractivity contribution in [1.29, 1.82) is 0 Å². The predicted octanol–water partition coefficient (Wildman–Crippen LogP) is 1.32. The second kappa shape index (κ2) is 3.23. The van der Waals surface area contributed by atoms with E-state index in [0.29, 0.717) is 6.07 Å². The topological polar surface area (TPSA) is 24.9 Å². The number of anilines is 1. The SMILES string of the molecule is CNc1ccc([B-](F)(F)F)c(F)n1. The van der Waals surface area contributed by atoms with Gasteiger partial charge in [0.15, 0.2) is 5.95 Å². The third kappa shape index (κ3) is 2.10. The predicted molar refractivity (Wildman–Crippen MR) is 42.5 cm³/mol. The Labute approximate surface area is 72.0 Å². The highest BCUT2D eigenvalue weighted by Crippen LogP contribution is 2.11. The highest BCUT2D eigenvalue weighted by atomic mass is 19.4. The molecule has 0 unspecified atom stereocenters. The molecule has 0 aliphatic carbocycles. The molecule has 0 saturated heterocycles. The van der Waals surface area contributed by atoms with E-state index in [4.69, 9.17) is 0 Å². The molecule has 1 N–H and O–H groups in total. The van der Waals surface area contributed by atoms with E-state index in [0.717, 1.165) is 6.07 Å². The lowest BCUT2D eigenvalue weighted by Crippen LogP contribution is -2.37. The van der Waals surface area contributed by atoms with Gasteiger partial charge >= 0.3 is 6.98 Å². The molecule has 7 heteroatoms. The van der Waals surface area contributed by atoms with Gasteiger partial charge in [-0.3, -0.25) is 0 Å². The molecular formula is C6H6BF4N2-. The summed E-state index contributed by atoms with van der Waals surface area (Å²) in [6.45, 7) is -5.32. The van der Waals surface area contributed by atoms with Crippen molar-refractivity contribution in [3.63, 3.8) is 0 Å². The molecule has 0 spiro atoms. The van der Waals surface area contributed by atoms with Gasteiger partial charge in [-0.05, 0) is 6.07 Å². The number of aromatic nitrogens is 1. The Morgan fingerprint density at radius 3 is 2.31 bits per heavy atom. The first-order chi connectivity index (χ1) is 5.95. The summed E-state index contributed by atoms with van der Waals surface area (Å²) in [5, 5.41) is 2.43. The molecule has 1 aromatic rings. The molecule has 1 heterocycles. The largest absolute Gasteiger partial charge is 0.514 e. The minimum atomic E-state index is -5.32. The first-order valence-corrected chi connectivity index (χ1v) is 3.49. The van der Waals surface area contributed by atoms with Crippen molar-refractivity contribution in [1.82, 2.24) is 4.98 Å². The summed E-state index contributed by atoms with van der Waals surface area (Å²) in [6.07, 6.45) is 0. The van der Waals surface area contributed by atoms with Crippen molar-refractivity contribution in [2.45, 2.75) is 0 Å². The Balaban J connectivity index is 3.13. The number of nitrogens with zero attached hydrogens (tertiary/aromatic N) is 1. The highest BCUT2D eigenvalue weighted by molar-refractivity contribution is 6.73. The molecule has 0 aliphatic rings. The third-order valence-corrected chi connectivity index (χ3v) is 1.49. The van der Waals surface area contributed by atoms with Crippen LogP contribution in [-0.4, -0.2) is 19.0 Å². The molecule has 1 aromatic heterocycles. The van der Waals surface area contributed by atoms with Gasteiger partial charge in [0, 0.05) is 7.05 Å². The smallest absolute Gasteiger partial charge is 0.445 e. The Hall–Kier alpha value is -1.27. The van der Waals surface area contributed by atoms with Gasteiger partial charge in [-0.2, -0.15) is 4.39 Å². The normalized spacial score (nSPS) is 11.5. The fraction of sp³-hybridized carbons (Fsp3) is 0.167. The number of hydrogen-bond donors (Lipinski definition) is 1. The van der Waals surface area contributed by atoms with Gasteiger partial charge in [0.05, 0.1) is 0 Å². The number of hydrogen-bond acceptors (Lipinski definition) is 2. The van der Waals surface area contributed by atoms with Crippen LogP contribution in [0.1, 0.15) is 0 Å². The molecule has 0 atom stereocenters. The summed E-state index contributed by atoms with van der Waals surface area (Å²) in [4.78, 5) is 3.08. The Morgan fingerprint density at radius 2 is 1.92 bits per heavy atom. The van der Waals surface area contributed by atoms with Crippen LogP contribution in [0.4, 0.5) is 23.2 Å². The van der Waals surface area contributed by atoms with Crippen molar-refractivity contribution >= 4 is 18.3 Å². The minimum Gasteiger partial charge on any atom is -0.445 e. The molecule has 0 aromatic carbocycles. The van der Waals surface area contributed by atoms with Gasteiger partial charge in [-0.15, -0.1) is 0 Å². The van der Waals surface area contributed by atoms with Gasteiger partial charge in [0.1, 0.15) is 5.82 Å². The molecule has 13 heavy (non-hydrogen) atoms. The van der Waals surface area contributed by atoms with E-state index in [1.807, 2.05) is 0 Å². The number of rotatable bonds is 2. The molecule has 0 fully saturated rings. The van der Waals surface area contributed by atoms with E-state index < -0.39 is 18.4 Å². The quantitative estimate of drug-likeness (QED) is 0.435. The molecule has 0 radical (unpaired) electrons. The second-order valence-electron chi connectivity index (χ2n) is 2.40. The van der Waals surface area contributed by atoms with E-state index in [9.17, 15) is 17.3 Å². The maximum Gasteiger partial charge on any atom is 0.514 e. The zero-order valence-electron chi connectivity index (χ0n) is 6.69. The Bertz CT molecular complexity index is 312. The lowest BCUT2D eigenvalue weighted by Gasteiger charge is -2.15. The molecule has 72 valence electrons. The van der Waals surface area contributed by atoms with Crippen molar-refractivity contribution in [3.8, 4) is 0 Å². The zero-order valence-corrected chi connectivity index (χ0v) is 6.69. The van der Waals surface area contributed by atoms with Crippen LogP contribution in [0.5, 0.6) is 0 Å². The van der Waals surface area contributed by atoms with Crippen LogP contribution in [0.2, 0.25) is 0 Å². The highest BCUT2D eigenvalue weighted by Gasteiger charge is 2.29. The second-order valence-corrected chi connectivity index (χ2v) is 2.40. The standard InChI is InChI=1S/C6H6BF4N2/c1-12-5-3-2-4(6(8)13-5)7(9,10)11/h2-3H,1H3,(H,12,13)/q-1. The van der Waals surface area contributed by atoms with Gasteiger partial charge in [0.2, 0.25) is 0 Å². The van der Waals surface area contributed by atoms with Crippen LogP contribution in [0.25, 0.3) is 0 Å². The number of nitrogens with one attached hydrogen (secondary N) is 1. The van der Waals surface area contributed by atoms with Crippen molar-refractivity contribution in [3.05, 3.63) is 18.1 Å². The average Bonchev–Trinajstić information content (AvgIpc) is 2.01. The number of halogens is 4. The fourth-order valence-electron chi connectivity index (χ4n) is 0.828. The van der Waals surface area contributed by atoms with Crippen LogP contribution < -0.4 is 10.8 Å². The van der Waals surface area contributed by atoms with Gasteiger partial charge in [-0.25, -0.2) is 4.98 Å². The van der Waals surface area contributed by atoms with E-state index in [1.54, 1.807) is 0 Å². The van der Waals surface area contributed by atoms with Gasteiger partial charge in [-0.1, -0.05) is 11.5 Å².